The van der Waals surface area contributed by atoms with Gasteiger partial charge in [0.05, 0.1) is 18.3 Å². The molecule has 1 N–H and O–H groups in total. The van der Waals surface area contributed by atoms with Gasteiger partial charge in [0, 0.05) is 29.3 Å². The number of fused-ring (bicyclic) bond motifs is 1. The molecular weight excluding hydrogens is 316 g/mol. The van der Waals surface area contributed by atoms with E-state index < -0.39 is 0 Å². The van der Waals surface area contributed by atoms with Crippen LogP contribution < -0.4 is 15.5 Å². The predicted molar refractivity (Wildman–Crippen MR) is 99.6 cm³/mol. The minimum atomic E-state index is -0.283. The third-order valence-electron chi connectivity index (χ3n) is 4.25. The number of para-hydroxylation sites is 2. The highest BCUT2D eigenvalue weighted by atomic mass is 16.5. The number of nitrogens with one attached hydrogen (secondary N) is 1. The van der Waals surface area contributed by atoms with Gasteiger partial charge in [-0.2, -0.15) is 0 Å². The Bertz CT molecular complexity index is 1010. The molecule has 0 spiro atoms. The lowest BCUT2D eigenvalue weighted by atomic mass is 10.1. The van der Waals surface area contributed by atoms with Crippen LogP contribution in [-0.4, -0.2) is 17.6 Å². The number of anilines is 1. The van der Waals surface area contributed by atoms with Crippen LogP contribution >= 0.6 is 0 Å². The molecule has 1 heterocycles. The number of nitrogens with zero attached hydrogens (tertiary/aromatic N) is 1. The van der Waals surface area contributed by atoms with Gasteiger partial charge in [-0.1, -0.05) is 12.1 Å². The van der Waals surface area contributed by atoms with E-state index in [1.54, 1.807) is 37.4 Å². The molecule has 0 bridgehead atoms. The van der Waals surface area contributed by atoms with E-state index in [9.17, 15) is 9.59 Å². The number of methoxy groups -OCH3 is 1. The molecule has 25 heavy (non-hydrogen) atoms. The van der Waals surface area contributed by atoms with Crippen molar-refractivity contribution in [2.45, 2.75) is 20.4 Å². The van der Waals surface area contributed by atoms with Gasteiger partial charge in [0.1, 0.15) is 5.75 Å². The van der Waals surface area contributed by atoms with Crippen LogP contribution in [0.4, 0.5) is 5.69 Å². The minimum absolute atomic E-state index is 0.0795. The van der Waals surface area contributed by atoms with E-state index in [1.807, 2.05) is 32.0 Å². The zero-order chi connectivity index (χ0) is 18.0. The van der Waals surface area contributed by atoms with E-state index in [-0.39, 0.29) is 11.3 Å². The van der Waals surface area contributed by atoms with Gasteiger partial charge in [0.2, 0.25) is 0 Å². The van der Waals surface area contributed by atoms with Crippen LogP contribution in [0.15, 0.2) is 53.3 Å². The highest BCUT2D eigenvalue weighted by Gasteiger charge is 2.12. The Labute approximate surface area is 145 Å². The molecule has 5 nitrogen and oxygen atoms in total. The number of carbonyl (C=O) groups excluding carboxylic acids is 1. The number of ether oxygens (including phenoxy) is 1. The first-order chi connectivity index (χ1) is 12.0. The highest BCUT2D eigenvalue weighted by molar-refractivity contribution is 6.06. The predicted octanol–water partition coefficient (Wildman–Crippen LogP) is 3.59. The van der Waals surface area contributed by atoms with Crippen LogP contribution in [0.25, 0.3) is 10.9 Å². The van der Waals surface area contributed by atoms with Crippen LogP contribution in [0.2, 0.25) is 0 Å². The van der Waals surface area contributed by atoms with Crippen molar-refractivity contribution in [1.29, 1.82) is 0 Å². The molecule has 0 aliphatic carbocycles. The lowest BCUT2D eigenvalue weighted by molar-refractivity contribution is 0.102. The van der Waals surface area contributed by atoms with Crippen LogP contribution in [0.1, 0.15) is 23.0 Å². The van der Waals surface area contributed by atoms with Gasteiger partial charge < -0.3 is 14.6 Å². The summed E-state index contributed by atoms with van der Waals surface area (Å²) in [6, 6.07) is 14.0. The highest BCUT2D eigenvalue weighted by Crippen LogP contribution is 2.24. The van der Waals surface area contributed by atoms with Crippen LogP contribution in [0.5, 0.6) is 5.75 Å². The Balaban J connectivity index is 2.02. The monoisotopic (exact) mass is 336 g/mol. The van der Waals surface area contributed by atoms with Crippen molar-refractivity contribution in [1.82, 2.24) is 4.57 Å². The van der Waals surface area contributed by atoms with Gasteiger partial charge in [0.15, 0.2) is 5.43 Å². The molecular formula is C20H20N2O3. The molecule has 1 amide bonds. The summed E-state index contributed by atoms with van der Waals surface area (Å²) in [6.45, 7) is 4.70. The zero-order valence-electron chi connectivity index (χ0n) is 14.5. The molecule has 0 unspecified atom stereocenters. The Morgan fingerprint density at radius 3 is 2.64 bits per heavy atom. The fourth-order valence-corrected chi connectivity index (χ4v) is 3.01. The summed E-state index contributed by atoms with van der Waals surface area (Å²) in [5.41, 5.74) is 2.68. The van der Waals surface area contributed by atoms with Gasteiger partial charge in [-0.25, -0.2) is 0 Å². The Morgan fingerprint density at radius 2 is 1.92 bits per heavy atom. The Hall–Kier alpha value is -3.08. The normalized spacial score (nSPS) is 10.7. The van der Waals surface area contributed by atoms with Crippen molar-refractivity contribution in [3.63, 3.8) is 0 Å². The lowest BCUT2D eigenvalue weighted by Crippen LogP contribution is -2.15. The summed E-state index contributed by atoms with van der Waals surface area (Å²) in [7, 11) is 1.55. The molecule has 3 rings (SSSR count). The van der Waals surface area contributed by atoms with Crippen molar-refractivity contribution in [3.8, 4) is 5.75 Å². The second-order valence-electron chi connectivity index (χ2n) is 5.78. The maximum Gasteiger partial charge on any atom is 0.255 e. The molecule has 0 aliphatic heterocycles. The van der Waals surface area contributed by atoms with E-state index in [0.29, 0.717) is 22.4 Å². The topological polar surface area (TPSA) is 60.3 Å². The number of pyridine rings is 1. The average Bonchev–Trinajstić information content (AvgIpc) is 2.62. The van der Waals surface area contributed by atoms with Gasteiger partial charge in [0.25, 0.3) is 5.91 Å². The summed E-state index contributed by atoms with van der Waals surface area (Å²) >= 11 is 0. The molecule has 128 valence electrons. The van der Waals surface area contributed by atoms with Crippen LogP contribution in [0.3, 0.4) is 0 Å². The number of aromatic nitrogens is 1. The van der Waals surface area contributed by atoms with Gasteiger partial charge >= 0.3 is 0 Å². The molecule has 1 aromatic heterocycles. The summed E-state index contributed by atoms with van der Waals surface area (Å²) in [4.78, 5) is 24.9. The third-order valence-corrected chi connectivity index (χ3v) is 4.25. The SMILES string of the molecule is CCn1c(C)cc(=O)c2cc(C(=O)Nc3ccccc3OC)ccc21. The molecule has 0 radical (unpaired) electrons. The van der Waals surface area contributed by atoms with Gasteiger partial charge in [-0.05, 0) is 44.2 Å². The van der Waals surface area contributed by atoms with Crippen LogP contribution in [0, 0.1) is 6.92 Å². The lowest BCUT2D eigenvalue weighted by Gasteiger charge is -2.13. The largest absolute Gasteiger partial charge is 0.495 e. The van der Waals surface area contributed by atoms with E-state index in [2.05, 4.69) is 9.88 Å². The van der Waals surface area contributed by atoms with Crippen molar-refractivity contribution >= 4 is 22.5 Å². The van der Waals surface area contributed by atoms with Gasteiger partial charge in [-0.15, -0.1) is 0 Å². The standard InChI is InChI=1S/C20H20N2O3/c1-4-22-13(2)11-18(23)15-12-14(9-10-17(15)22)20(24)21-16-7-5-6-8-19(16)25-3/h5-12H,4H2,1-3H3,(H,21,24). The summed E-state index contributed by atoms with van der Waals surface area (Å²) in [5.74, 6) is 0.301. The number of rotatable bonds is 4. The Kier molecular flexibility index (Phi) is 4.57. The molecule has 0 atom stereocenters. The quantitative estimate of drug-likeness (QED) is 0.792. The number of benzene rings is 2. The maximum atomic E-state index is 12.6. The molecule has 3 aromatic rings. The van der Waals surface area contributed by atoms with Crippen molar-refractivity contribution in [2.75, 3.05) is 12.4 Å². The summed E-state index contributed by atoms with van der Waals surface area (Å²) in [6.07, 6.45) is 0. The smallest absolute Gasteiger partial charge is 0.255 e. The minimum Gasteiger partial charge on any atom is -0.495 e. The number of hydrogen-bond acceptors (Lipinski definition) is 3. The third kappa shape index (κ3) is 3.13. The first-order valence-corrected chi connectivity index (χ1v) is 8.13. The van der Waals surface area contributed by atoms with E-state index >= 15 is 0 Å². The maximum absolute atomic E-state index is 12.6. The second-order valence-corrected chi connectivity index (χ2v) is 5.78. The number of amides is 1. The van der Waals surface area contributed by atoms with E-state index in [0.717, 1.165) is 17.8 Å². The summed E-state index contributed by atoms with van der Waals surface area (Å²) in [5, 5.41) is 3.37. The number of aryl methyl sites for hydroxylation is 2. The van der Waals surface area contributed by atoms with Crippen LogP contribution in [-0.2, 0) is 6.54 Å². The van der Waals surface area contributed by atoms with Crippen molar-refractivity contribution in [2.24, 2.45) is 0 Å². The van der Waals surface area contributed by atoms with E-state index in [4.69, 9.17) is 4.74 Å². The van der Waals surface area contributed by atoms with Crippen molar-refractivity contribution in [3.05, 3.63) is 70.0 Å². The molecule has 0 saturated heterocycles. The first kappa shape index (κ1) is 16.8. The zero-order valence-corrected chi connectivity index (χ0v) is 14.5. The van der Waals surface area contributed by atoms with Crippen molar-refractivity contribution < 1.29 is 9.53 Å². The molecule has 2 aromatic carbocycles. The fraction of sp³-hybridized carbons (Fsp3) is 0.200. The molecule has 5 heteroatoms. The van der Waals surface area contributed by atoms with Gasteiger partial charge in [-0.3, -0.25) is 9.59 Å². The molecule has 0 fully saturated rings. The number of hydrogen-bond donors (Lipinski definition) is 1. The summed E-state index contributed by atoms with van der Waals surface area (Å²) < 4.78 is 7.30. The van der Waals surface area contributed by atoms with E-state index in [1.165, 1.54) is 0 Å². The number of carbonyl (C=O) groups is 1. The average molecular weight is 336 g/mol. The molecule has 0 saturated carbocycles. The first-order valence-electron chi connectivity index (χ1n) is 8.13. The fourth-order valence-electron chi connectivity index (χ4n) is 3.01. The molecule has 0 aliphatic rings. The second kappa shape index (κ2) is 6.81. The Morgan fingerprint density at radius 1 is 1.16 bits per heavy atom.